The minimum Gasteiger partial charge on any atom is -0.356 e. The Morgan fingerprint density at radius 3 is 2.94 bits per heavy atom. The monoisotopic (exact) mass is 221 g/mol. The molecular formula is C12H19N3O. The summed E-state index contributed by atoms with van der Waals surface area (Å²) < 4.78 is 2.34. The van der Waals surface area contributed by atoms with E-state index >= 15 is 0 Å². The fraction of sp³-hybridized carbons (Fsp3) is 0.667. The number of nitrogens with one attached hydrogen (secondary N) is 1. The highest BCUT2D eigenvalue weighted by Crippen LogP contribution is 2.33. The first-order valence-electron chi connectivity index (χ1n) is 5.95. The summed E-state index contributed by atoms with van der Waals surface area (Å²) in [6.07, 6.45) is 6.62. The zero-order chi connectivity index (χ0) is 11.5. The largest absolute Gasteiger partial charge is 0.356 e. The number of aromatic nitrogens is 2. The molecule has 0 saturated heterocycles. The smallest absolute Gasteiger partial charge is 0.216 e. The minimum atomic E-state index is 0.0264. The van der Waals surface area contributed by atoms with Gasteiger partial charge in [-0.25, -0.2) is 4.98 Å². The zero-order valence-electron chi connectivity index (χ0n) is 9.99. The van der Waals surface area contributed by atoms with Gasteiger partial charge in [-0.15, -0.1) is 0 Å². The molecule has 4 nitrogen and oxygen atoms in total. The molecule has 4 heteroatoms. The van der Waals surface area contributed by atoms with Crippen LogP contribution in [0.2, 0.25) is 0 Å². The molecule has 1 aromatic rings. The maximum atomic E-state index is 10.8. The van der Waals surface area contributed by atoms with Crippen molar-refractivity contribution in [2.45, 2.75) is 45.6 Å². The molecule has 1 saturated carbocycles. The molecule has 0 spiro atoms. The van der Waals surface area contributed by atoms with Gasteiger partial charge in [-0.2, -0.15) is 0 Å². The summed E-state index contributed by atoms with van der Waals surface area (Å²) in [5.74, 6) is 1.13. The van der Waals surface area contributed by atoms with E-state index in [1.54, 1.807) is 6.92 Å². The third-order valence-corrected chi connectivity index (χ3v) is 3.22. The fourth-order valence-electron chi connectivity index (χ4n) is 2.17. The van der Waals surface area contributed by atoms with Gasteiger partial charge in [0.15, 0.2) is 0 Å². The van der Waals surface area contributed by atoms with E-state index < -0.39 is 0 Å². The summed E-state index contributed by atoms with van der Waals surface area (Å²) >= 11 is 0. The van der Waals surface area contributed by atoms with Crippen molar-refractivity contribution in [2.24, 2.45) is 0 Å². The van der Waals surface area contributed by atoms with Gasteiger partial charge in [0.05, 0.1) is 0 Å². The minimum absolute atomic E-state index is 0.0264. The summed E-state index contributed by atoms with van der Waals surface area (Å²) in [5, 5.41) is 2.81. The lowest BCUT2D eigenvalue weighted by Crippen LogP contribution is -2.25. The normalized spacial score (nSPS) is 15.9. The molecule has 1 fully saturated rings. The number of hydrogen-bond donors (Lipinski definition) is 1. The lowest BCUT2D eigenvalue weighted by atomic mass is 9.92. The van der Waals surface area contributed by atoms with Crippen molar-refractivity contribution in [1.82, 2.24) is 14.9 Å². The molecule has 1 N–H and O–H groups in total. The average Bonchev–Trinajstić information content (AvgIpc) is 2.47. The fourth-order valence-corrected chi connectivity index (χ4v) is 2.17. The topological polar surface area (TPSA) is 46.9 Å². The van der Waals surface area contributed by atoms with Crippen LogP contribution in [0.15, 0.2) is 6.20 Å². The van der Waals surface area contributed by atoms with Gasteiger partial charge < -0.3 is 9.88 Å². The standard InChI is InChI=1S/C12H19N3O/c1-9-8-14-12(6-7-13-10(2)16)15(9)11-4-3-5-11/h8,11H,3-7H2,1-2H3,(H,13,16). The molecule has 2 rings (SSSR count). The number of carbonyl (C=O) groups is 1. The lowest BCUT2D eigenvalue weighted by molar-refractivity contribution is -0.118. The van der Waals surface area contributed by atoms with Crippen molar-refractivity contribution in [3.63, 3.8) is 0 Å². The van der Waals surface area contributed by atoms with Crippen LogP contribution in [-0.4, -0.2) is 22.0 Å². The second-order valence-electron chi connectivity index (χ2n) is 4.50. The molecule has 0 unspecified atom stereocenters. The van der Waals surface area contributed by atoms with E-state index in [-0.39, 0.29) is 5.91 Å². The Morgan fingerprint density at radius 1 is 1.62 bits per heavy atom. The van der Waals surface area contributed by atoms with Gasteiger partial charge in [-0.3, -0.25) is 4.79 Å². The maximum Gasteiger partial charge on any atom is 0.216 e. The van der Waals surface area contributed by atoms with Crippen LogP contribution in [0.5, 0.6) is 0 Å². The number of nitrogens with zero attached hydrogens (tertiary/aromatic N) is 2. The molecule has 0 radical (unpaired) electrons. The highest BCUT2D eigenvalue weighted by atomic mass is 16.1. The number of imidazole rings is 1. The Hall–Kier alpha value is -1.32. The molecule has 88 valence electrons. The molecule has 16 heavy (non-hydrogen) atoms. The highest BCUT2D eigenvalue weighted by molar-refractivity contribution is 5.72. The summed E-state index contributed by atoms with van der Waals surface area (Å²) in [4.78, 5) is 15.2. The van der Waals surface area contributed by atoms with Crippen LogP contribution in [-0.2, 0) is 11.2 Å². The van der Waals surface area contributed by atoms with Gasteiger partial charge in [0.1, 0.15) is 5.82 Å². The zero-order valence-corrected chi connectivity index (χ0v) is 9.99. The van der Waals surface area contributed by atoms with Gasteiger partial charge in [-0.1, -0.05) is 0 Å². The summed E-state index contributed by atoms with van der Waals surface area (Å²) in [6, 6.07) is 0.648. The molecule has 0 aromatic carbocycles. The third kappa shape index (κ3) is 2.26. The van der Waals surface area contributed by atoms with Crippen LogP contribution in [0.3, 0.4) is 0 Å². The Morgan fingerprint density at radius 2 is 2.38 bits per heavy atom. The third-order valence-electron chi connectivity index (χ3n) is 3.22. The number of rotatable bonds is 4. The predicted molar refractivity (Wildman–Crippen MR) is 62.2 cm³/mol. The number of amides is 1. The number of hydrogen-bond acceptors (Lipinski definition) is 2. The molecule has 0 aliphatic heterocycles. The van der Waals surface area contributed by atoms with E-state index in [1.165, 1.54) is 25.0 Å². The van der Waals surface area contributed by atoms with Crippen molar-refractivity contribution in [2.75, 3.05) is 6.54 Å². The van der Waals surface area contributed by atoms with Crippen molar-refractivity contribution in [3.8, 4) is 0 Å². The van der Waals surface area contributed by atoms with Gasteiger partial charge in [0.25, 0.3) is 0 Å². The molecule has 0 atom stereocenters. The molecule has 1 aromatic heterocycles. The predicted octanol–water partition coefficient (Wildman–Crippen LogP) is 1.60. The van der Waals surface area contributed by atoms with Crippen LogP contribution in [0.4, 0.5) is 0 Å². The van der Waals surface area contributed by atoms with E-state index in [0.717, 1.165) is 12.2 Å². The first-order chi connectivity index (χ1) is 7.68. The van der Waals surface area contributed by atoms with Crippen molar-refractivity contribution >= 4 is 5.91 Å². The highest BCUT2D eigenvalue weighted by Gasteiger charge is 2.22. The van der Waals surface area contributed by atoms with Crippen LogP contribution in [0, 0.1) is 6.92 Å². The molecule has 0 bridgehead atoms. The van der Waals surface area contributed by atoms with E-state index in [0.29, 0.717) is 12.6 Å². The second kappa shape index (κ2) is 4.68. The average molecular weight is 221 g/mol. The van der Waals surface area contributed by atoms with E-state index in [4.69, 9.17) is 0 Å². The van der Waals surface area contributed by atoms with Crippen molar-refractivity contribution < 1.29 is 4.79 Å². The van der Waals surface area contributed by atoms with E-state index in [1.807, 2.05) is 6.20 Å². The summed E-state index contributed by atoms with van der Waals surface area (Å²) in [6.45, 7) is 4.33. The maximum absolute atomic E-state index is 10.8. The van der Waals surface area contributed by atoms with Gasteiger partial charge in [0.2, 0.25) is 5.91 Å². The quantitative estimate of drug-likeness (QED) is 0.839. The molecule has 1 heterocycles. The van der Waals surface area contributed by atoms with Gasteiger partial charge in [0, 0.05) is 37.8 Å². The Bertz CT molecular complexity index is 380. The number of carbonyl (C=O) groups excluding carboxylic acids is 1. The van der Waals surface area contributed by atoms with Gasteiger partial charge >= 0.3 is 0 Å². The van der Waals surface area contributed by atoms with E-state index in [9.17, 15) is 4.79 Å². The van der Waals surface area contributed by atoms with Crippen LogP contribution in [0.1, 0.15) is 43.7 Å². The Kier molecular flexibility index (Phi) is 3.27. The molecular weight excluding hydrogens is 202 g/mol. The Balaban J connectivity index is 2.00. The molecule has 1 aliphatic carbocycles. The van der Waals surface area contributed by atoms with Crippen molar-refractivity contribution in [1.29, 1.82) is 0 Å². The van der Waals surface area contributed by atoms with E-state index in [2.05, 4.69) is 21.8 Å². The number of aryl methyl sites for hydroxylation is 1. The first kappa shape index (κ1) is 11.2. The second-order valence-corrected chi connectivity index (χ2v) is 4.50. The summed E-state index contributed by atoms with van der Waals surface area (Å²) in [5.41, 5.74) is 1.24. The van der Waals surface area contributed by atoms with Crippen LogP contribution >= 0.6 is 0 Å². The van der Waals surface area contributed by atoms with Crippen molar-refractivity contribution in [3.05, 3.63) is 17.7 Å². The molecule has 1 aliphatic rings. The lowest BCUT2D eigenvalue weighted by Gasteiger charge is -2.29. The SMILES string of the molecule is CC(=O)NCCc1ncc(C)n1C1CCC1. The molecule has 1 amide bonds. The van der Waals surface area contributed by atoms with Crippen LogP contribution in [0.25, 0.3) is 0 Å². The first-order valence-corrected chi connectivity index (χ1v) is 5.95. The van der Waals surface area contributed by atoms with Gasteiger partial charge in [-0.05, 0) is 26.2 Å². The van der Waals surface area contributed by atoms with Crippen LogP contribution < -0.4 is 5.32 Å². The summed E-state index contributed by atoms with van der Waals surface area (Å²) in [7, 11) is 0. The Labute approximate surface area is 96.1 Å².